The predicted molar refractivity (Wildman–Crippen MR) is 112 cm³/mol. The molecule has 0 radical (unpaired) electrons. The molecule has 4 nitrogen and oxygen atoms in total. The van der Waals surface area contributed by atoms with Gasteiger partial charge in [-0.15, -0.1) is 24.0 Å². The normalized spacial score (nSPS) is 14.1. The number of halogens is 2. The Hall–Kier alpha value is -0.890. The average molecular weight is 463 g/mol. The van der Waals surface area contributed by atoms with Gasteiger partial charge in [0.15, 0.2) is 5.96 Å². The number of aliphatic imine (C=N–C) groups is 1. The maximum Gasteiger partial charge on any atom is 0.193 e. The molecule has 1 aromatic carbocycles. The summed E-state index contributed by atoms with van der Waals surface area (Å²) in [4.78, 5) is 6.77. The summed E-state index contributed by atoms with van der Waals surface area (Å²) in [6.45, 7) is 6.11. The van der Waals surface area contributed by atoms with Gasteiger partial charge < -0.3 is 15.0 Å². The maximum absolute atomic E-state index is 13.2. The zero-order valence-corrected chi connectivity index (χ0v) is 17.7. The van der Waals surface area contributed by atoms with E-state index in [9.17, 15) is 4.39 Å². The van der Waals surface area contributed by atoms with Crippen LogP contribution in [0, 0.1) is 11.7 Å². The van der Waals surface area contributed by atoms with Crippen LogP contribution in [-0.4, -0.2) is 50.8 Å². The Bertz CT molecular complexity index is 523. The van der Waals surface area contributed by atoms with Gasteiger partial charge in [-0.05, 0) is 56.2 Å². The molecule has 0 aromatic heterocycles. The Morgan fingerprint density at radius 2 is 2.20 bits per heavy atom. The number of rotatable bonds is 10. The van der Waals surface area contributed by atoms with Crippen molar-refractivity contribution in [3.05, 3.63) is 35.6 Å². The maximum atomic E-state index is 13.2. The van der Waals surface area contributed by atoms with Crippen LogP contribution in [0.4, 0.5) is 4.39 Å². The van der Waals surface area contributed by atoms with E-state index < -0.39 is 0 Å². The minimum Gasteiger partial charge on any atom is -0.379 e. The first-order valence-corrected chi connectivity index (χ1v) is 9.00. The van der Waals surface area contributed by atoms with Crippen molar-refractivity contribution in [2.24, 2.45) is 10.9 Å². The average Bonchev–Trinajstić information content (AvgIpc) is 3.38. The van der Waals surface area contributed by atoms with E-state index in [1.165, 1.54) is 18.9 Å². The second-order valence-electron chi connectivity index (χ2n) is 6.41. The molecule has 0 amide bonds. The van der Waals surface area contributed by atoms with Crippen LogP contribution in [0.2, 0.25) is 0 Å². The fourth-order valence-corrected chi connectivity index (χ4v) is 2.47. The molecule has 1 saturated carbocycles. The Morgan fingerprint density at radius 1 is 1.40 bits per heavy atom. The van der Waals surface area contributed by atoms with Crippen LogP contribution in [-0.2, 0) is 11.2 Å². The summed E-state index contributed by atoms with van der Waals surface area (Å²) in [5.41, 5.74) is 1.03. The number of aryl methyl sites for hydroxylation is 1. The van der Waals surface area contributed by atoms with E-state index in [0.717, 1.165) is 63.1 Å². The van der Waals surface area contributed by atoms with Gasteiger partial charge in [-0.25, -0.2) is 4.39 Å². The Kier molecular flexibility index (Phi) is 11.0. The van der Waals surface area contributed by atoms with E-state index in [4.69, 9.17) is 4.74 Å². The van der Waals surface area contributed by atoms with Crippen molar-refractivity contribution >= 4 is 29.9 Å². The summed E-state index contributed by atoms with van der Waals surface area (Å²) in [7, 11) is 2.04. The number of guanidine groups is 1. The molecule has 1 aliphatic carbocycles. The summed E-state index contributed by atoms with van der Waals surface area (Å²) < 4.78 is 18.8. The van der Waals surface area contributed by atoms with Crippen molar-refractivity contribution in [2.45, 2.75) is 32.6 Å². The van der Waals surface area contributed by atoms with Gasteiger partial charge in [-0.2, -0.15) is 0 Å². The Balaban J connectivity index is 0.00000312. The third-order valence-corrected chi connectivity index (χ3v) is 4.09. The SMILES string of the molecule is CCNC(=NCCCc1cccc(F)c1)N(C)CCOCC1CC1.I. The van der Waals surface area contributed by atoms with E-state index in [0.29, 0.717) is 0 Å². The van der Waals surface area contributed by atoms with Gasteiger partial charge in [-0.1, -0.05) is 12.1 Å². The fourth-order valence-electron chi connectivity index (χ4n) is 2.47. The molecule has 142 valence electrons. The first kappa shape index (κ1) is 22.2. The third-order valence-electron chi connectivity index (χ3n) is 4.09. The smallest absolute Gasteiger partial charge is 0.193 e. The number of ether oxygens (including phenoxy) is 1. The second kappa shape index (κ2) is 12.5. The molecule has 0 spiro atoms. The van der Waals surface area contributed by atoms with Crippen molar-refractivity contribution in [1.82, 2.24) is 10.2 Å². The molecule has 0 saturated heterocycles. The van der Waals surface area contributed by atoms with Gasteiger partial charge in [0.2, 0.25) is 0 Å². The molecule has 1 fully saturated rings. The standard InChI is InChI=1S/C19H30FN3O.HI/c1-3-21-19(23(2)12-13-24-15-17-9-10-17)22-11-5-7-16-6-4-8-18(20)14-16;/h4,6,8,14,17H,3,5,7,9-13,15H2,1-2H3,(H,21,22);1H. The minimum atomic E-state index is -0.171. The summed E-state index contributed by atoms with van der Waals surface area (Å²) in [6, 6.07) is 6.79. The van der Waals surface area contributed by atoms with Gasteiger partial charge in [-0.3, -0.25) is 4.99 Å². The summed E-state index contributed by atoms with van der Waals surface area (Å²) in [5.74, 6) is 1.54. The predicted octanol–water partition coefficient (Wildman–Crippen LogP) is 3.70. The highest BCUT2D eigenvalue weighted by molar-refractivity contribution is 14.0. The molecular weight excluding hydrogens is 432 g/mol. The molecule has 25 heavy (non-hydrogen) atoms. The highest BCUT2D eigenvalue weighted by Crippen LogP contribution is 2.28. The quantitative estimate of drug-likeness (QED) is 0.249. The summed E-state index contributed by atoms with van der Waals surface area (Å²) >= 11 is 0. The fraction of sp³-hybridized carbons (Fsp3) is 0.632. The lowest BCUT2D eigenvalue weighted by Gasteiger charge is -2.22. The van der Waals surface area contributed by atoms with Crippen molar-refractivity contribution in [2.75, 3.05) is 39.9 Å². The largest absolute Gasteiger partial charge is 0.379 e. The van der Waals surface area contributed by atoms with E-state index in [1.54, 1.807) is 12.1 Å². The Labute approximate surface area is 168 Å². The molecule has 0 unspecified atom stereocenters. The van der Waals surface area contributed by atoms with E-state index in [2.05, 4.69) is 22.1 Å². The molecular formula is C19H31FIN3O. The van der Waals surface area contributed by atoms with Crippen molar-refractivity contribution in [1.29, 1.82) is 0 Å². The molecule has 2 rings (SSSR count). The van der Waals surface area contributed by atoms with Gasteiger partial charge in [0.05, 0.1) is 6.61 Å². The van der Waals surface area contributed by atoms with Gasteiger partial charge >= 0.3 is 0 Å². The second-order valence-corrected chi connectivity index (χ2v) is 6.41. The van der Waals surface area contributed by atoms with E-state index in [-0.39, 0.29) is 29.8 Å². The van der Waals surface area contributed by atoms with Crippen molar-refractivity contribution < 1.29 is 9.13 Å². The molecule has 1 aliphatic rings. The van der Waals surface area contributed by atoms with Crippen molar-refractivity contribution in [3.8, 4) is 0 Å². The molecule has 6 heteroatoms. The lowest BCUT2D eigenvalue weighted by atomic mass is 10.1. The van der Waals surface area contributed by atoms with Crippen LogP contribution in [0.15, 0.2) is 29.3 Å². The first-order valence-electron chi connectivity index (χ1n) is 9.00. The highest BCUT2D eigenvalue weighted by atomic mass is 127. The van der Waals surface area contributed by atoms with Crippen LogP contribution in [0.1, 0.15) is 31.7 Å². The van der Waals surface area contributed by atoms with Gasteiger partial charge in [0.1, 0.15) is 5.82 Å². The van der Waals surface area contributed by atoms with Crippen LogP contribution < -0.4 is 5.32 Å². The van der Waals surface area contributed by atoms with Crippen LogP contribution in [0.5, 0.6) is 0 Å². The number of likely N-dealkylation sites (N-methyl/N-ethyl adjacent to an activating group) is 1. The molecule has 0 bridgehead atoms. The number of nitrogens with zero attached hydrogens (tertiary/aromatic N) is 2. The monoisotopic (exact) mass is 463 g/mol. The topological polar surface area (TPSA) is 36.9 Å². The minimum absolute atomic E-state index is 0. The lowest BCUT2D eigenvalue weighted by Crippen LogP contribution is -2.40. The zero-order chi connectivity index (χ0) is 17.2. The summed E-state index contributed by atoms with van der Waals surface area (Å²) in [5, 5.41) is 3.31. The van der Waals surface area contributed by atoms with Gasteiger partial charge in [0.25, 0.3) is 0 Å². The number of benzene rings is 1. The number of hydrogen-bond acceptors (Lipinski definition) is 2. The Morgan fingerprint density at radius 3 is 2.88 bits per heavy atom. The van der Waals surface area contributed by atoms with E-state index in [1.807, 2.05) is 13.1 Å². The summed E-state index contributed by atoms with van der Waals surface area (Å²) in [6.07, 6.45) is 4.40. The van der Waals surface area contributed by atoms with Crippen LogP contribution in [0.3, 0.4) is 0 Å². The lowest BCUT2D eigenvalue weighted by molar-refractivity contribution is 0.115. The number of nitrogens with one attached hydrogen (secondary N) is 1. The molecule has 0 aliphatic heterocycles. The molecule has 1 N–H and O–H groups in total. The first-order chi connectivity index (χ1) is 11.7. The third kappa shape index (κ3) is 9.39. The molecule has 0 heterocycles. The molecule has 1 aromatic rings. The van der Waals surface area contributed by atoms with Crippen molar-refractivity contribution in [3.63, 3.8) is 0 Å². The molecule has 0 atom stereocenters. The number of hydrogen-bond donors (Lipinski definition) is 1. The van der Waals surface area contributed by atoms with Crippen LogP contribution in [0.25, 0.3) is 0 Å². The zero-order valence-electron chi connectivity index (χ0n) is 15.3. The van der Waals surface area contributed by atoms with E-state index >= 15 is 0 Å². The highest BCUT2D eigenvalue weighted by Gasteiger charge is 2.21. The van der Waals surface area contributed by atoms with Gasteiger partial charge in [0, 0.05) is 33.3 Å². The van der Waals surface area contributed by atoms with Crippen LogP contribution >= 0.6 is 24.0 Å².